The van der Waals surface area contributed by atoms with Crippen LogP contribution in [0.25, 0.3) is 5.69 Å². The molecule has 1 saturated heterocycles. The smallest absolute Gasteiger partial charge is 0.405 e. The number of ether oxygens (including phenoxy) is 1. The first-order valence-corrected chi connectivity index (χ1v) is 10.9. The number of benzene rings is 1. The molecule has 0 saturated carbocycles. The van der Waals surface area contributed by atoms with Crippen molar-refractivity contribution in [3.8, 4) is 11.4 Å². The summed E-state index contributed by atoms with van der Waals surface area (Å²) in [6, 6.07) is 6.08. The van der Waals surface area contributed by atoms with Crippen LogP contribution in [0.15, 0.2) is 29.4 Å². The van der Waals surface area contributed by atoms with Gasteiger partial charge in [-0.05, 0) is 31.4 Å². The molecule has 3 rings (SSSR count). The number of amides is 3. The van der Waals surface area contributed by atoms with Crippen molar-refractivity contribution in [3.05, 3.63) is 24.3 Å². The fraction of sp³-hybridized carbons (Fsp3) is 0.474. The van der Waals surface area contributed by atoms with Crippen molar-refractivity contribution in [2.24, 2.45) is 0 Å². The van der Waals surface area contributed by atoms with Gasteiger partial charge in [0.15, 0.2) is 5.16 Å². The molecule has 2 aromatic rings. The highest BCUT2D eigenvalue weighted by Crippen LogP contribution is 2.32. The van der Waals surface area contributed by atoms with Crippen LogP contribution in [-0.2, 0) is 4.79 Å². The number of methoxy groups -OCH3 is 1. The minimum absolute atomic E-state index is 0.243. The van der Waals surface area contributed by atoms with E-state index in [9.17, 15) is 22.8 Å². The molecule has 13 heteroatoms. The van der Waals surface area contributed by atoms with Crippen molar-refractivity contribution in [3.63, 3.8) is 0 Å². The van der Waals surface area contributed by atoms with Crippen LogP contribution in [0.4, 0.5) is 23.9 Å². The summed E-state index contributed by atoms with van der Waals surface area (Å²) in [6.45, 7) is 0.107. The van der Waals surface area contributed by atoms with Crippen LogP contribution in [-0.4, -0.2) is 65.4 Å². The summed E-state index contributed by atoms with van der Waals surface area (Å²) >= 11 is 1.01. The maximum Gasteiger partial charge on any atom is 0.405 e. The highest BCUT2D eigenvalue weighted by atomic mass is 32.2. The number of nitrogens with zero attached hydrogens (tertiary/aromatic N) is 4. The number of hydrogen-bond donors (Lipinski definition) is 2. The van der Waals surface area contributed by atoms with Gasteiger partial charge in [-0.25, -0.2) is 4.79 Å². The molecular weight excluding hydrogens is 449 g/mol. The lowest BCUT2D eigenvalue weighted by atomic mass is 10.1. The van der Waals surface area contributed by atoms with Gasteiger partial charge in [-0.3, -0.25) is 14.7 Å². The average Bonchev–Trinajstić information content (AvgIpc) is 3.20. The van der Waals surface area contributed by atoms with Crippen LogP contribution in [0.5, 0.6) is 5.75 Å². The number of urea groups is 1. The first-order chi connectivity index (χ1) is 15.3. The zero-order valence-electron chi connectivity index (χ0n) is 17.3. The van der Waals surface area contributed by atoms with Crippen LogP contribution in [0, 0.1) is 0 Å². The molecule has 1 aromatic heterocycles. The highest BCUT2D eigenvalue weighted by Gasteiger charge is 2.28. The number of halogens is 3. The fourth-order valence-electron chi connectivity index (χ4n) is 3.20. The molecule has 1 aliphatic rings. The van der Waals surface area contributed by atoms with Crippen LogP contribution in [0.3, 0.4) is 0 Å². The number of nitrogens with one attached hydrogen (secondary N) is 2. The SMILES string of the molecule is COc1ccccc1-n1c(SCC(=O)NC(=O)NCC(F)(F)F)nnc1N1CCCCC1. The Kier molecular flexibility index (Phi) is 7.83. The largest absolute Gasteiger partial charge is 0.495 e. The molecule has 0 bridgehead atoms. The lowest BCUT2D eigenvalue weighted by Gasteiger charge is -2.28. The standard InChI is InChI=1S/C19H23F3N6O3S/c1-31-14-8-4-3-7-13(14)28-17(27-9-5-2-6-10-27)25-26-18(28)32-11-15(29)24-16(30)23-12-19(20,21)22/h3-4,7-8H,2,5-6,9-12H2,1H3,(H2,23,24,29,30). The Morgan fingerprint density at radius 1 is 1.16 bits per heavy atom. The minimum atomic E-state index is -4.56. The van der Waals surface area contributed by atoms with E-state index in [1.165, 1.54) is 0 Å². The quantitative estimate of drug-likeness (QED) is 0.598. The Hall–Kier alpha value is -2.96. The molecule has 1 fully saturated rings. The Bertz CT molecular complexity index is 947. The van der Waals surface area contributed by atoms with Gasteiger partial charge in [0.1, 0.15) is 12.3 Å². The molecule has 0 radical (unpaired) electrons. The molecule has 0 atom stereocenters. The van der Waals surface area contributed by atoms with Crippen molar-refractivity contribution in [1.29, 1.82) is 0 Å². The summed E-state index contributed by atoms with van der Waals surface area (Å²) in [4.78, 5) is 25.7. The van der Waals surface area contributed by atoms with E-state index in [-0.39, 0.29) is 5.75 Å². The van der Waals surface area contributed by atoms with E-state index in [4.69, 9.17) is 4.74 Å². The maximum atomic E-state index is 12.2. The third kappa shape index (κ3) is 6.28. The fourth-order valence-corrected chi connectivity index (χ4v) is 3.94. The normalized spacial score (nSPS) is 14.2. The first-order valence-electron chi connectivity index (χ1n) is 9.89. The van der Waals surface area contributed by atoms with Gasteiger partial charge in [-0.2, -0.15) is 13.2 Å². The lowest BCUT2D eigenvalue weighted by molar-refractivity contribution is -0.124. The van der Waals surface area contributed by atoms with E-state index >= 15 is 0 Å². The molecule has 0 unspecified atom stereocenters. The number of rotatable bonds is 7. The second kappa shape index (κ2) is 10.6. The Morgan fingerprint density at radius 2 is 1.88 bits per heavy atom. The lowest BCUT2D eigenvalue weighted by Crippen LogP contribution is -2.43. The van der Waals surface area contributed by atoms with Gasteiger partial charge >= 0.3 is 12.2 Å². The van der Waals surface area contributed by atoms with Crippen molar-refractivity contribution >= 4 is 29.6 Å². The van der Waals surface area contributed by atoms with E-state index in [1.807, 2.05) is 23.5 Å². The summed E-state index contributed by atoms with van der Waals surface area (Å²) in [6.07, 6.45) is -1.38. The van der Waals surface area contributed by atoms with E-state index in [1.54, 1.807) is 23.1 Å². The number of para-hydroxylation sites is 2. The van der Waals surface area contributed by atoms with E-state index < -0.39 is 24.7 Å². The van der Waals surface area contributed by atoms with Gasteiger partial charge in [0.25, 0.3) is 0 Å². The number of thioether (sulfide) groups is 1. The van der Waals surface area contributed by atoms with E-state index in [0.717, 1.165) is 44.1 Å². The molecule has 2 N–H and O–H groups in total. The number of carbonyl (C=O) groups is 2. The number of aromatic nitrogens is 3. The Morgan fingerprint density at radius 3 is 2.56 bits per heavy atom. The summed E-state index contributed by atoms with van der Waals surface area (Å²) in [5.41, 5.74) is 0.686. The van der Waals surface area contributed by atoms with Crippen molar-refractivity contribution < 1.29 is 27.5 Å². The van der Waals surface area contributed by atoms with E-state index in [0.29, 0.717) is 22.5 Å². The van der Waals surface area contributed by atoms with Crippen molar-refractivity contribution in [1.82, 2.24) is 25.4 Å². The first kappa shape index (κ1) is 23.7. The molecule has 1 aromatic carbocycles. The van der Waals surface area contributed by atoms with Gasteiger partial charge in [0.2, 0.25) is 11.9 Å². The van der Waals surface area contributed by atoms with Crippen molar-refractivity contribution in [2.75, 3.05) is 37.4 Å². The van der Waals surface area contributed by atoms with Crippen LogP contribution in [0.1, 0.15) is 19.3 Å². The maximum absolute atomic E-state index is 12.2. The number of imide groups is 1. The molecule has 2 heterocycles. The summed E-state index contributed by atoms with van der Waals surface area (Å²) < 4.78 is 43.8. The number of alkyl halides is 3. The number of carbonyl (C=O) groups excluding carboxylic acids is 2. The number of hydrogen-bond acceptors (Lipinski definition) is 7. The molecule has 3 amide bonds. The predicted molar refractivity (Wildman–Crippen MR) is 112 cm³/mol. The monoisotopic (exact) mass is 472 g/mol. The third-order valence-corrected chi connectivity index (χ3v) is 5.54. The topological polar surface area (TPSA) is 101 Å². The van der Waals surface area contributed by atoms with Crippen LogP contribution in [0.2, 0.25) is 0 Å². The third-order valence-electron chi connectivity index (χ3n) is 4.62. The van der Waals surface area contributed by atoms with Gasteiger partial charge in [0.05, 0.1) is 18.6 Å². The van der Waals surface area contributed by atoms with Gasteiger partial charge < -0.3 is 15.0 Å². The second-order valence-electron chi connectivity index (χ2n) is 6.97. The number of piperidine rings is 1. The van der Waals surface area contributed by atoms with Crippen molar-refractivity contribution in [2.45, 2.75) is 30.6 Å². The molecule has 174 valence electrons. The zero-order chi connectivity index (χ0) is 23.1. The van der Waals surface area contributed by atoms with Crippen LogP contribution < -0.4 is 20.3 Å². The summed E-state index contributed by atoms with van der Waals surface area (Å²) in [5, 5.41) is 12.4. The summed E-state index contributed by atoms with van der Waals surface area (Å²) in [7, 11) is 1.55. The molecule has 9 nitrogen and oxygen atoms in total. The molecule has 0 spiro atoms. The second-order valence-corrected chi connectivity index (χ2v) is 7.91. The van der Waals surface area contributed by atoms with Gasteiger partial charge in [-0.15, -0.1) is 10.2 Å². The number of anilines is 1. The average molecular weight is 472 g/mol. The van der Waals surface area contributed by atoms with E-state index in [2.05, 4.69) is 15.1 Å². The highest BCUT2D eigenvalue weighted by molar-refractivity contribution is 7.99. The van der Waals surface area contributed by atoms with Gasteiger partial charge in [0, 0.05) is 13.1 Å². The van der Waals surface area contributed by atoms with Crippen LogP contribution >= 0.6 is 11.8 Å². The van der Waals surface area contributed by atoms with Gasteiger partial charge in [-0.1, -0.05) is 23.9 Å². The minimum Gasteiger partial charge on any atom is -0.495 e. The molecule has 32 heavy (non-hydrogen) atoms. The molecule has 0 aliphatic carbocycles. The summed E-state index contributed by atoms with van der Waals surface area (Å²) in [5.74, 6) is 0.194. The Balaban J connectivity index is 1.75. The molecule has 1 aliphatic heterocycles. The zero-order valence-corrected chi connectivity index (χ0v) is 18.1. The molecular formula is C19H23F3N6O3S. The predicted octanol–water partition coefficient (Wildman–Crippen LogP) is 2.75. The Labute approximate surface area is 186 Å².